The minimum Gasteiger partial charge on any atom is -0.380 e. The molecule has 1 aromatic rings. The predicted octanol–water partition coefficient (Wildman–Crippen LogP) is 0.588. The van der Waals surface area contributed by atoms with Crippen LogP contribution in [0.25, 0.3) is 0 Å². The van der Waals surface area contributed by atoms with Crippen molar-refractivity contribution in [2.24, 2.45) is 0 Å². The lowest BCUT2D eigenvalue weighted by atomic mass is 10.1. The highest BCUT2D eigenvalue weighted by Gasteiger charge is 2.28. The Kier molecular flexibility index (Phi) is 4.65. The zero-order valence-electron chi connectivity index (χ0n) is 11.2. The van der Waals surface area contributed by atoms with E-state index in [1.807, 2.05) is 0 Å². The maximum absolute atomic E-state index is 11.9. The van der Waals surface area contributed by atoms with Crippen LogP contribution in [0.5, 0.6) is 0 Å². The molecule has 1 amide bonds. The van der Waals surface area contributed by atoms with E-state index >= 15 is 0 Å². The molecule has 1 heterocycles. The van der Waals surface area contributed by atoms with Gasteiger partial charge in [0.2, 0.25) is 5.91 Å². The normalized spacial score (nSPS) is 21.6. The summed E-state index contributed by atoms with van der Waals surface area (Å²) in [6, 6.07) is 5.97. The standard InChI is InChI=1S/C13H17N3O4/c1-20-11-6-12(14-8-11)13(17)15-7-9-3-2-4-10(5-9)16(18)19/h2-5,11-12,14H,6-8H2,1H3,(H,15,17). The summed E-state index contributed by atoms with van der Waals surface area (Å²) < 4.78 is 5.18. The summed E-state index contributed by atoms with van der Waals surface area (Å²) in [6.45, 7) is 0.932. The van der Waals surface area contributed by atoms with E-state index in [0.29, 0.717) is 18.5 Å². The Morgan fingerprint density at radius 1 is 1.60 bits per heavy atom. The molecule has 7 heteroatoms. The quantitative estimate of drug-likeness (QED) is 0.607. The van der Waals surface area contributed by atoms with Crippen LogP contribution in [0.2, 0.25) is 0 Å². The molecule has 7 nitrogen and oxygen atoms in total. The van der Waals surface area contributed by atoms with Crippen molar-refractivity contribution in [1.29, 1.82) is 0 Å². The Morgan fingerprint density at radius 2 is 2.40 bits per heavy atom. The number of non-ortho nitro benzene ring substituents is 1. The molecule has 108 valence electrons. The molecular formula is C13H17N3O4. The summed E-state index contributed by atoms with van der Waals surface area (Å²) in [5, 5.41) is 16.5. The second-order valence-electron chi connectivity index (χ2n) is 4.70. The molecule has 0 aliphatic carbocycles. The maximum atomic E-state index is 11.9. The van der Waals surface area contributed by atoms with Gasteiger partial charge in [0.25, 0.3) is 5.69 Å². The van der Waals surface area contributed by atoms with Gasteiger partial charge in [0, 0.05) is 32.3 Å². The number of nitro groups is 1. The van der Waals surface area contributed by atoms with Gasteiger partial charge in [-0.3, -0.25) is 14.9 Å². The van der Waals surface area contributed by atoms with Crippen LogP contribution in [-0.2, 0) is 16.1 Å². The lowest BCUT2D eigenvalue weighted by molar-refractivity contribution is -0.384. The zero-order chi connectivity index (χ0) is 14.5. The van der Waals surface area contributed by atoms with Gasteiger partial charge in [-0.1, -0.05) is 12.1 Å². The van der Waals surface area contributed by atoms with Crippen molar-refractivity contribution < 1.29 is 14.5 Å². The number of benzene rings is 1. The molecule has 0 radical (unpaired) electrons. The van der Waals surface area contributed by atoms with Crippen molar-refractivity contribution in [2.75, 3.05) is 13.7 Å². The number of amides is 1. The molecule has 1 fully saturated rings. The molecule has 0 aromatic heterocycles. The van der Waals surface area contributed by atoms with Crippen molar-refractivity contribution in [3.8, 4) is 0 Å². The Hall–Kier alpha value is -1.99. The second-order valence-corrected chi connectivity index (χ2v) is 4.70. The lowest BCUT2D eigenvalue weighted by Gasteiger charge is -2.11. The van der Waals surface area contributed by atoms with Crippen molar-refractivity contribution in [3.05, 3.63) is 39.9 Å². The van der Waals surface area contributed by atoms with E-state index in [0.717, 1.165) is 0 Å². The first-order valence-electron chi connectivity index (χ1n) is 6.37. The summed E-state index contributed by atoms with van der Waals surface area (Å²) in [5.74, 6) is -0.115. The van der Waals surface area contributed by atoms with Gasteiger partial charge in [-0.15, -0.1) is 0 Å². The van der Waals surface area contributed by atoms with Gasteiger partial charge >= 0.3 is 0 Å². The molecule has 1 aliphatic rings. The first-order valence-corrected chi connectivity index (χ1v) is 6.37. The number of hydrogen-bond acceptors (Lipinski definition) is 5. The topological polar surface area (TPSA) is 93.5 Å². The Balaban J connectivity index is 1.87. The van der Waals surface area contributed by atoms with Gasteiger partial charge < -0.3 is 15.4 Å². The van der Waals surface area contributed by atoms with Gasteiger partial charge in [-0.05, 0) is 12.0 Å². The maximum Gasteiger partial charge on any atom is 0.269 e. The highest BCUT2D eigenvalue weighted by atomic mass is 16.6. The predicted molar refractivity (Wildman–Crippen MR) is 72.1 cm³/mol. The summed E-state index contributed by atoms with van der Waals surface area (Å²) in [7, 11) is 1.62. The van der Waals surface area contributed by atoms with E-state index in [1.165, 1.54) is 12.1 Å². The SMILES string of the molecule is COC1CNC(C(=O)NCc2cccc([N+](=O)[O-])c2)C1. The monoisotopic (exact) mass is 279 g/mol. The summed E-state index contributed by atoms with van der Waals surface area (Å²) >= 11 is 0. The van der Waals surface area contributed by atoms with Crippen LogP contribution >= 0.6 is 0 Å². The van der Waals surface area contributed by atoms with Crippen LogP contribution in [0.4, 0.5) is 5.69 Å². The first-order chi connectivity index (χ1) is 9.60. The molecule has 2 rings (SSSR count). The van der Waals surface area contributed by atoms with Crippen LogP contribution in [0.3, 0.4) is 0 Å². The lowest BCUT2D eigenvalue weighted by Crippen LogP contribution is -2.40. The second kappa shape index (κ2) is 6.44. The number of ether oxygens (including phenoxy) is 1. The fourth-order valence-corrected chi connectivity index (χ4v) is 2.17. The third kappa shape index (κ3) is 3.52. The number of hydrogen-bond donors (Lipinski definition) is 2. The molecule has 1 saturated heterocycles. The van der Waals surface area contributed by atoms with Crippen LogP contribution in [0.1, 0.15) is 12.0 Å². The highest BCUT2D eigenvalue weighted by Crippen LogP contribution is 2.13. The number of rotatable bonds is 5. The fraction of sp³-hybridized carbons (Fsp3) is 0.462. The number of nitrogens with zero attached hydrogens (tertiary/aromatic N) is 1. The molecule has 2 atom stereocenters. The summed E-state index contributed by atoms with van der Waals surface area (Å²) in [6.07, 6.45) is 0.695. The summed E-state index contributed by atoms with van der Waals surface area (Å²) in [5.41, 5.74) is 0.726. The minimum atomic E-state index is -0.451. The fourth-order valence-electron chi connectivity index (χ4n) is 2.17. The Morgan fingerprint density at radius 3 is 3.05 bits per heavy atom. The molecule has 0 saturated carbocycles. The average Bonchev–Trinajstić information content (AvgIpc) is 2.94. The van der Waals surface area contributed by atoms with E-state index in [2.05, 4.69) is 10.6 Å². The number of nitrogens with one attached hydrogen (secondary N) is 2. The molecule has 0 spiro atoms. The van der Waals surface area contributed by atoms with Gasteiger partial charge in [0.1, 0.15) is 0 Å². The number of nitro benzene ring substituents is 1. The van der Waals surface area contributed by atoms with Gasteiger partial charge in [0.15, 0.2) is 0 Å². The van der Waals surface area contributed by atoms with E-state index in [9.17, 15) is 14.9 Å². The third-order valence-corrected chi connectivity index (χ3v) is 3.33. The molecular weight excluding hydrogens is 262 g/mol. The number of methoxy groups -OCH3 is 1. The molecule has 1 aliphatic heterocycles. The van der Waals surface area contributed by atoms with Crippen LogP contribution in [-0.4, -0.2) is 36.6 Å². The molecule has 2 unspecified atom stereocenters. The van der Waals surface area contributed by atoms with Crippen LogP contribution in [0, 0.1) is 10.1 Å². The Labute approximate surface area is 116 Å². The zero-order valence-corrected chi connectivity index (χ0v) is 11.2. The largest absolute Gasteiger partial charge is 0.380 e. The number of carbonyl (C=O) groups excluding carboxylic acids is 1. The highest BCUT2D eigenvalue weighted by molar-refractivity contribution is 5.82. The van der Waals surface area contributed by atoms with Crippen molar-refractivity contribution in [1.82, 2.24) is 10.6 Å². The van der Waals surface area contributed by atoms with Crippen LogP contribution < -0.4 is 10.6 Å². The third-order valence-electron chi connectivity index (χ3n) is 3.33. The molecule has 20 heavy (non-hydrogen) atoms. The van der Waals surface area contributed by atoms with E-state index in [-0.39, 0.29) is 30.3 Å². The van der Waals surface area contributed by atoms with Gasteiger partial charge in [-0.25, -0.2) is 0 Å². The minimum absolute atomic E-state index is 0.0233. The first kappa shape index (κ1) is 14.4. The Bertz CT molecular complexity index is 506. The van der Waals surface area contributed by atoms with E-state index in [4.69, 9.17) is 4.74 Å². The molecule has 0 bridgehead atoms. The average molecular weight is 279 g/mol. The van der Waals surface area contributed by atoms with E-state index < -0.39 is 4.92 Å². The van der Waals surface area contributed by atoms with Crippen molar-refractivity contribution in [3.63, 3.8) is 0 Å². The van der Waals surface area contributed by atoms with E-state index in [1.54, 1.807) is 19.2 Å². The van der Waals surface area contributed by atoms with Gasteiger partial charge in [-0.2, -0.15) is 0 Å². The smallest absolute Gasteiger partial charge is 0.269 e. The molecule has 2 N–H and O–H groups in total. The number of carbonyl (C=O) groups is 1. The molecule has 1 aromatic carbocycles. The van der Waals surface area contributed by atoms with Crippen LogP contribution in [0.15, 0.2) is 24.3 Å². The van der Waals surface area contributed by atoms with Crippen molar-refractivity contribution in [2.45, 2.75) is 25.1 Å². The van der Waals surface area contributed by atoms with Gasteiger partial charge in [0.05, 0.1) is 17.1 Å². The summed E-state index contributed by atoms with van der Waals surface area (Å²) in [4.78, 5) is 22.1. The van der Waals surface area contributed by atoms with Crippen molar-refractivity contribution >= 4 is 11.6 Å².